The molecule has 0 atom stereocenters. The Morgan fingerprint density at radius 2 is 2.11 bits per heavy atom. The average Bonchev–Trinajstić information content (AvgIpc) is 2.82. The molecule has 0 spiro atoms. The molecule has 0 saturated heterocycles. The molecule has 3 rings (SSSR count). The summed E-state index contributed by atoms with van der Waals surface area (Å²) in [7, 11) is 0. The van der Waals surface area contributed by atoms with E-state index in [1.807, 2.05) is 12.1 Å². The van der Waals surface area contributed by atoms with Crippen molar-refractivity contribution in [2.45, 2.75) is 0 Å². The first-order valence-electron chi connectivity index (χ1n) is 5.11. The van der Waals surface area contributed by atoms with Gasteiger partial charge in [0, 0.05) is 6.20 Å². The lowest BCUT2D eigenvalue weighted by Crippen LogP contribution is -2.09. The van der Waals surface area contributed by atoms with Gasteiger partial charge in [0.15, 0.2) is 5.82 Å². The van der Waals surface area contributed by atoms with Crippen LogP contribution in [0.4, 0.5) is 0 Å². The van der Waals surface area contributed by atoms with Crippen molar-refractivity contribution < 1.29 is 9.90 Å². The first-order chi connectivity index (χ1) is 8.77. The lowest BCUT2D eigenvalue weighted by molar-refractivity contribution is 0.0696. The Morgan fingerprint density at radius 3 is 2.94 bits per heavy atom. The molecule has 2 aromatic heterocycles. The summed E-state index contributed by atoms with van der Waals surface area (Å²) in [5.41, 5.74) is 1.35. The standard InChI is InChI=1S/C11H7N5O2/c17-11(18)7-5-12-6-13-10(7)16-9-4-2-1-3-8(9)14-15-16/h1-6H,(H,17,18). The Hall–Kier alpha value is -2.83. The average molecular weight is 241 g/mol. The van der Waals surface area contributed by atoms with Gasteiger partial charge in [-0.15, -0.1) is 5.10 Å². The number of carboxylic acid groups (broad SMARTS) is 1. The van der Waals surface area contributed by atoms with Crippen LogP contribution in [0.5, 0.6) is 0 Å². The third-order valence-electron chi connectivity index (χ3n) is 2.47. The predicted molar refractivity (Wildman–Crippen MR) is 61.4 cm³/mol. The zero-order valence-electron chi connectivity index (χ0n) is 9.06. The maximum atomic E-state index is 11.1. The second-order valence-electron chi connectivity index (χ2n) is 3.56. The largest absolute Gasteiger partial charge is 0.477 e. The van der Waals surface area contributed by atoms with Gasteiger partial charge in [0.25, 0.3) is 0 Å². The first kappa shape index (κ1) is 10.3. The molecule has 0 aliphatic heterocycles. The Kier molecular flexibility index (Phi) is 2.23. The second-order valence-corrected chi connectivity index (χ2v) is 3.56. The van der Waals surface area contributed by atoms with Gasteiger partial charge in [0.2, 0.25) is 0 Å². The van der Waals surface area contributed by atoms with E-state index in [1.165, 1.54) is 17.2 Å². The second kappa shape index (κ2) is 3.88. The smallest absolute Gasteiger partial charge is 0.341 e. The van der Waals surface area contributed by atoms with Crippen LogP contribution in [0.15, 0.2) is 36.8 Å². The number of para-hydroxylation sites is 1. The van der Waals surface area contributed by atoms with Gasteiger partial charge in [0.1, 0.15) is 17.4 Å². The molecular formula is C11H7N5O2. The summed E-state index contributed by atoms with van der Waals surface area (Å²) in [6.45, 7) is 0. The van der Waals surface area contributed by atoms with E-state index in [-0.39, 0.29) is 11.4 Å². The van der Waals surface area contributed by atoms with Crippen molar-refractivity contribution in [2.24, 2.45) is 0 Å². The molecule has 2 heterocycles. The minimum Gasteiger partial charge on any atom is -0.477 e. The summed E-state index contributed by atoms with van der Waals surface area (Å²) in [5, 5.41) is 17.0. The fourth-order valence-electron chi connectivity index (χ4n) is 1.67. The van der Waals surface area contributed by atoms with E-state index >= 15 is 0 Å². The van der Waals surface area contributed by atoms with E-state index in [0.29, 0.717) is 11.0 Å². The molecule has 0 aliphatic carbocycles. The molecule has 0 saturated carbocycles. The van der Waals surface area contributed by atoms with Crippen LogP contribution in [0.25, 0.3) is 16.9 Å². The number of carboxylic acids is 1. The van der Waals surface area contributed by atoms with Gasteiger partial charge in [-0.1, -0.05) is 17.3 Å². The number of benzene rings is 1. The van der Waals surface area contributed by atoms with E-state index in [1.54, 1.807) is 12.1 Å². The normalized spacial score (nSPS) is 10.7. The molecule has 0 bridgehead atoms. The highest BCUT2D eigenvalue weighted by atomic mass is 16.4. The first-order valence-corrected chi connectivity index (χ1v) is 5.11. The third-order valence-corrected chi connectivity index (χ3v) is 2.47. The van der Waals surface area contributed by atoms with E-state index in [2.05, 4.69) is 20.3 Å². The number of aromatic carboxylic acids is 1. The molecule has 1 aromatic carbocycles. The Labute approximate surface area is 101 Å². The number of aromatic nitrogens is 5. The van der Waals surface area contributed by atoms with Crippen molar-refractivity contribution in [1.29, 1.82) is 0 Å². The molecule has 3 aromatic rings. The molecule has 0 unspecified atom stereocenters. The van der Waals surface area contributed by atoms with Gasteiger partial charge in [0.05, 0.1) is 5.52 Å². The quantitative estimate of drug-likeness (QED) is 0.716. The minimum absolute atomic E-state index is 0.0202. The van der Waals surface area contributed by atoms with Gasteiger partial charge in [-0.3, -0.25) is 0 Å². The molecule has 0 fully saturated rings. The zero-order chi connectivity index (χ0) is 12.5. The lowest BCUT2D eigenvalue weighted by Gasteiger charge is -2.03. The van der Waals surface area contributed by atoms with Gasteiger partial charge >= 0.3 is 5.97 Å². The topological polar surface area (TPSA) is 93.8 Å². The fraction of sp³-hybridized carbons (Fsp3) is 0. The predicted octanol–water partition coefficient (Wildman–Crippen LogP) is 0.909. The van der Waals surface area contributed by atoms with Crippen LogP contribution in [-0.2, 0) is 0 Å². The molecule has 7 heteroatoms. The van der Waals surface area contributed by atoms with E-state index in [9.17, 15) is 4.79 Å². The number of fused-ring (bicyclic) bond motifs is 1. The number of nitrogens with zero attached hydrogens (tertiary/aromatic N) is 5. The monoisotopic (exact) mass is 241 g/mol. The van der Waals surface area contributed by atoms with E-state index in [0.717, 1.165) is 0 Å². The van der Waals surface area contributed by atoms with Crippen LogP contribution in [0.1, 0.15) is 10.4 Å². The summed E-state index contributed by atoms with van der Waals surface area (Å²) >= 11 is 0. The van der Waals surface area contributed by atoms with E-state index in [4.69, 9.17) is 5.11 Å². The summed E-state index contributed by atoms with van der Waals surface area (Å²) in [5.74, 6) is -0.906. The molecule has 88 valence electrons. The number of carbonyl (C=O) groups is 1. The van der Waals surface area contributed by atoms with Crippen molar-refractivity contribution in [3.63, 3.8) is 0 Å². The van der Waals surface area contributed by atoms with Gasteiger partial charge in [-0.05, 0) is 12.1 Å². The van der Waals surface area contributed by atoms with Gasteiger partial charge < -0.3 is 5.11 Å². The van der Waals surface area contributed by atoms with Crippen LogP contribution in [0.3, 0.4) is 0 Å². The summed E-state index contributed by atoms with van der Waals surface area (Å²) in [4.78, 5) is 18.8. The highest BCUT2D eigenvalue weighted by Gasteiger charge is 2.16. The van der Waals surface area contributed by atoms with Crippen LogP contribution in [0.2, 0.25) is 0 Å². The number of hydrogen-bond acceptors (Lipinski definition) is 5. The van der Waals surface area contributed by atoms with Crippen LogP contribution in [-0.4, -0.2) is 36.0 Å². The Bertz CT molecular complexity index is 737. The summed E-state index contributed by atoms with van der Waals surface area (Å²) in [6.07, 6.45) is 2.51. The van der Waals surface area contributed by atoms with Crippen molar-refractivity contribution in [3.8, 4) is 5.82 Å². The van der Waals surface area contributed by atoms with Crippen molar-refractivity contribution in [3.05, 3.63) is 42.4 Å². The Balaban J connectivity index is 2.30. The summed E-state index contributed by atoms with van der Waals surface area (Å²) < 4.78 is 1.39. The highest BCUT2D eigenvalue weighted by Crippen LogP contribution is 2.16. The number of hydrogen-bond donors (Lipinski definition) is 1. The zero-order valence-corrected chi connectivity index (χ0v) is 9.06. The molecule has 0 amide bonds. The Morgan fingerprint density at radius 1 is 1.28 bits per heavy atom. The van der Waals surface area contributed by atoms with Crippen molar-refractivity contribution in [1.82, 2.24) is 25.0 Å². The fourth-order valence-corrected chi connectivity index (χ4v) is 1.67. The third kappa shape index (κ3) is 1.49. The molecule has 18 heavy (non-hydrogen) atoms. The molecule has 0 radical (unpaired) electrons. The number of rotatable bonds is 2. The molecular weight excluding hydrogens is 234 g/mol. The van der Waals surface area contributed by atoms with Crippen LogP contribution < -0.4 is 0 Å². The highest BCUT2D eigenvalue weighted by molar-refractivity contribution is 5.91. The molecule has 0 aliphatic rings. The SMILES string of the molecule is O=C(O)c1cncnc1-n1nnc2ccccc21. The van der Waals surface area contributed by atoms with E-state index < -0.39 is 5.97 Å². The van der Waals surface area contributed by atoms with Crippen LogP contribution in [0, 0.1) is 0 Å². The van der Waals surface area contributed by atoms with Gasteiger partial charge in [-0.2, -0.15) is 4.68 Å². The van der Waals surface area contributed by atoms with Crippen molar-refractivity contribution >= 4 is 17.0 Å². The maximum absolute atomic E-state index is 11.1. The van der Waals surface area contributed by atoms with Crippen LogP contribution >= 0.6 is 0 Å². The summed E-state index contributed by atoms with van der Waals surface area (Å²) in [6, 6.07) is 7.24. The van der Waals surface area contributed by atoms with Crippen molar-refractivity contribution in [2.75, 3.05) is 0 Å². The minimum atomic E-state index is -1.11. The lowest BCUT2D eigenvalue weighted by atomic mass is 10.3. The maximum Gasteiger partial charge on any atom is 0.341 e. The molecule has 1 N–H and O–H groups in total. The molecule has 7 nitrogen and oxygen atoms in total. The van der Waals surface area contributed by atoms with Gasteiger partial charge in [-0.25, -0.2) is 14.8 Å².